The molecule has 0 saturated heterocycles. The number of amides is 1. The summed E-state index contributed by atoms with van der Waals surface area (Å²) in [5.41, 5.74) is 9.87. The van der Waals surface area contributed by atoms with Crippen molar-refractivity contribution in [2.75, 3.05) is 24.7 Å². The molecule has 3 rings (SSSR count). The monoisotopic (exact) mass is 397 g/mol. The van der Waals surface area contributed by atoms with Crippen molar-refractivity contribution in [3.63, 3.8) is 0 Å². The predicted molar refractivity (Wildman–Crippen MR) is 111 cm³/mol. The Bertz CT molecular complexity index is 740. The van der Waals surface area contributed by atoms with Gasteiger partial charge in [0.05, 0.1) is 25.4 Å². The maximum Gasteiger partial charge on any atom is 0.239 e. The largest absolute Gasteiger partial charge is 0.495 e. The lowest BCUT2D eigenvalue weighted by molar-refractivity contribution is -0.120. The Morgan fingerprint density at radius 3 is 2.77 bits per heavy atom. The third-order valence-corrected chi connectivity index (χ3v) is 4.36. The van der Waals surface area contributed by atoms with Crippen LogP contribution in [0, 0.1) is 0 Å². The van der Waals surface area contributed by atoms with Gasteiger partial charge in [0, 0.05) is 5.69 Å². The van der Waals surface area contributed by atoms with Gasteiger partial charge in [-0.05, 0) is 54.7 Å². The van der Waals surface area contributed by atoms with Gasteiger partial charge in [0.15, 0.2) is 0 Å². The SMILES string of the molecule is COc1ccccc1NCC(=O)NC1CCCc2cc(N)ccc21.Cl.Cl. The lowest BCUT2D eigenvalue weighted by Gasteiger charge is -2.27. The number of nitrogen functional groups attached to an aromatic ring is 1. The molecular weight excluding hydrogens is 373 g/mol. The summed E-state index contributed by atoms with van der Waals surface area (Å²) in [6.45, 7) is 0.210. The molecule has 0 aromatic heterocycles. The fourth-order valence-corrected chi connectivity index (χ4v) is 3.20. The van der Waals surface area contributed by atoms with Crippen LogP contribution in [0.3, 0.4) is 0 Å². The highest BCUT2D eigenvalue weighted by Gasteiger charge is 2.21. The highest BCUT2D eigenvalue weighted by atomic mass is 35.5. The van der Waals surface area contributed by atoms with Gasteiger partial charge in [-0.2, -0.15) is 0 Å². The van der Waals surface area contributed by atoms with Crippen molar-refractivity contribution in [2.24, 2.45) is 0 Å². The van der Waals surface area contributed by atoms with Crippen molar-refractivity contribution in [1.82, 2.24) is 5.32 Å². The molecule has 4 N–H and O–H groups in total. The molecule has 0 aliphatic heterocycles. The first-order valence-electron chi connectivity index (χ1n) is 8.22. The number of hydrogen-bond acceptors (Lipinski definition) is 4. The second-order valence-corrected chi connectivity index (χ2v) is 6.02. The molecule has 2 aromatic rings. The number of para-hydroxylation sites is 2. The second-order valence-electron chi connectivity index (χ2n) is 6.02. The van der Waals surface area contributed by atoms with E-state index in [2.05, 4.69) is 10.6 Å². The summed E-state index contributed by atoms with van der Waals surface area (Å²) in [5, 5.41) is 6.25. The first kappa shape index (κ1) is 21.9. The van der Waals surface area contributed by atoms with E-state index in [-0.39, 0.29) is 43.3 Å². The van der Waals surface area contributed by atoms with E-state index in [1.807, 2.05) is 42.5 Å². The standard InChI is InChI=1S/C19H23N3O2.2ClH/c1-24-18-8-3-2-6-17(18)21-12-19(23)22-16-7-4-5-13-11-14(20)9-10-15(13)16;;/h2-3,6,8-11,16,21H,4-5,7,12,20H2,1H3,(H,22,23);2*1H. The Kier molecular flexibility index (Phi) is 8.55. The Labute approximate surface area is 166 Å². The van der Waals surface area contributed by atoms with Crippen LogP contribution in [0.15, 0.2) is 42.5 Å². The third-order valence-electron chi connectivity index (χ3n) is 4.36. The molecule has 0 bridgehead atoms. The number of carbonyl (C=O) groups is 1. The number of rotatable bonds is 5. The Hall–Kier alpha value is -2.11. The number of hydrogen-bond donors (Lipinski definition) is 3. The summed E-state index contributed by atoms with van der Waals surface area (Å²) in [6.07, 6.45) is 3.03. The smallest absolute Gasteiger partial charge is 0.239 e. The average Bonchev–Trinajstić information content (AvgIpc) is 2.60. The molecule has 0 radical (unpaired) electrons. The number of carbonyl (C=O) groups excluding carboxylic acids is 1. The van der Waals surface area contributed by atoms with Crippen LogP contribution in [-0.4, -0.2) is 19.6 Å². The van der Waals surface area contributed by atoms with Gasteiger partial charge < -0.3 is 21.1 Å². The number of nitrogens with two attached hydrogens (primary N) is 1. The van der Waals surface area contributed by atoms with E-state index in [1.165, 1.54) is 11.1 Å². The molecule has 1 atom stereocenters. The van der Waals surface area contributed by atoms with E-state index >= 15 is 0 Å². The molecule has 1 aliphatic rings. The fourth-order valence-electron chi connectivity index (χ4n) is 3.20. The summed E-state index contributed by atoms with van der Waals surface area (Å²) < 4.78 is 5.28. The van der Waals surface area contributed by atoms with Crippen LogP contribution >= 0.6 is 24.8 Å². The highest BCUT2D eigenvalue weighted by Crippen LogP contribution is 2.31. The summed E-state index contributed by atoms with van der Waals surface area (Å²) in [4.78, 5) is 12.3. The van der Waals surface area contributed by atoms with Gasteiger partial charge >= 0.3 is 0 Å². The quantitative estimate of drug-likeness (QED) is 0.671. The zero-order valence-corrected chi connectivity index (χ0v) is 16.3. The van der Waals surface area contributed by atoms with E-state index in [9.17, 15) is 4.79 Å². The van der Waals surface area contributed by atoms with Gasteiger partial charge in [-0.15, -0.1) is 24.8 Å². The van der Waals surface area contributed by atoms with Crippen LogP contribution in [0.2, 0.25) is 0 Å². The molecule has 0 spiro atoms. The van der Waals surface area contributed by atoms with E-state index in [0.717, 1.165) is 36.4 Å². The summed E-state index contributed by atoms with van der Waals surface area (Å²) >= 11 is 0. The molecule has 142 valence electrons. The fraction of sp³-hybridized carbons (Fsp3) is 0.316. The Balaban J connectivity index is 0.00000169. The lowest BCUT2D eigenvalue weighted by Crippen LogP contribution is -2.35. The molecule has 5 nitrogen and oxygen atoms in total. The van der Waals surface area contributed by atoms with Crippen LogP contribution in [0.4, 0.5) is 11.4 Å². The minimum absolute atomic E-state index is 0. The first-order chi connectivity index (χ1) is 11.7. The topological polar surface area (TPSA) is 76.4 Å². The van der Waals surface area contributed by atoms with Gasteiger partial charge in [-0.1, -0.05) is 18.2 Å². The first-order valence-corrected chi connectivity index (χ1v) is 8.22. The van der Waals surface area contributed by atoms with Crippen LogP contribution < -0.4 is 21.1 Å². The van der Waals surface area contributed by atoms with Gasteiger partial charge in [-0.3, -0.25) is 4.79 Å². The zero-order valence-electron chi connectivity index (χ0n) is 14.7. The normalized spacial score (nSPS) is 14.9. The summed E-state index contributed by atoms with van der Waals surface area (Å²) in [5.74, 6) is 0.694. The number of anilines is 2. The van der Waals surface area contributed by atoms with E-state index in [1.54, 1.807) is 7.11 Å². The molecule has 1 amide bonds. The Morgan fingerprint density at radius 1 is 1.23 bits per heavy atom. The molecule has 26 heavy (non-hydrogen) atoms. The maximum absolute atomic E-state index is 12.3. The molecule has 7 heteroatoms. The zero-order chi connectivity index (χ0) is 16.9. The summed E-state index contributed by atoms with van der Waals surface area (Å²) in [7, 11) is 1.62. The number of aryl methyl sites for hydroxylation is 1. The van der Waals surface area contributed by atoms with E-state index in [0.29, 0.717) is 0 Å². The van der Waals surface area contributed by atoms with Crippen molar-refractivity contribution >= 4 is 42.1 Å². The van der Waals surface area contributed by atoms with Crippen molar-refractivity contribution < 1.29 is 9.53 Å². The van der Waals surface area contributed by atoms with Crippen molar-refractivity contribution in [1.29, 1.82) is 0 Å². The minimum atomic E-state index is -0.0319. The van der Waals surface area contributed by atoms with Gasteiger partial charge in [-0.25, -0.2) is 0 Å². The maximum atomic E-state index is 12.3. The number of methoxy groups -OCH3 is 1. The number of ether oxygens (including phenoxy) is 1. The van der Waals surface area contributed by atoms with Crippen LogP contribution in [-0.2, 0) is 11.2 Å². The van der Waals surface area contributed by atoms with Gasteiger partial charge in [0.2, 0.25) is 5.91 Å². The minimum Gasteiger partial charge on any atom is -0.495 e. The van der Waals surface area contributed by atoms with Gasteiger partial charge in [0.1, 0.15) is 5.75 Å². The van der Waals surface area contributed by atoms with Crippen LogP contribution in [0.1, 0.15) is 30.0 Å². The van der Waals surface area contributed by atoms with Crippen LogP contribution in [0.5, 0.6) is 5.75 Å². The number of halogens is 2. The second kappa shape index (κ2) is 10.1. The average molecular weight is 398 g/mol. The predicted octanol–water partition coefficient (Wildman–Crippen LogP) is 3.73. The van der Waals surface area contributed by atoms with Crippen molar-refractivity contribution in [3.8, 4) is 5.75 Å². The third kappa shape index (κ3) is 5.19. The highest BCUT2D eigenvalue weighted by molar-refractivity contribution is 5.85. The lowest BCUT2D eigenvalue weighted by atomic mass is 9.87. The van der Waals surface area contributed by atoms with E-state index in [4.69, 9.17) is 10.5 Å². The molecule has 2 aromatic carbocycles. The number of benzene rings is 2. The molecule has 0 heterocycles. The number of nitrogens with one attached hydrogen (secondary N) is 2. The molecule has 0 saturated carbocycles. The molecule has 1 aliphatic carbocycles. The van der Waals surface area contributed by atoms with Crippen molar-refractivity contribution in [3.05, 3.63) is 53.6 Å². The summed E-state index contributed by atoms with van der Waals surface area (Å²) in [6, 6.07) is 13.6. The number of fused-ring (bicyclic) bond motifs is 1. The van der Waals surface area contributed by atoms with Gasteiger partial charge in [0.25, 0.3) is 0 Å². The molecule has 0 fully saturated rings. The molecular formula is C19H25Cl2N3O2. The van der Waals surface area contributed by atoms with E-state index < -0.39 is 0 Å². The Morgan fingerprint density at radius 2 is 2.00 bits per heavy atom. The van der Waals surface area contributed by atoms with Crippen LogP contribution in [0.25, 0.3) is 0 Å². The molecule has 1 unspecified atom stereocenters. The van der Waals surface area contributed by atoms with Crippen molar-refractivity contribution in [2.45, 2.75) is 25.3 Å².